The molecule has 3 N–H and O–H groups in total. The Balaban J connectivity index is 1.51. The van der Waals surface area contributed by atoms with Crippen molar-refractivity contribution in [1.82, 2.24) is 14.9 Å². The zero-order valence-electron chi connectivity index (χ0n) is 22.3. The van der Waals surface area contributed by atoms with Gasteiger partial charge < -0.3 is 29.7 Å². The van der Waals surface area contributed by atoms with Crippen LogP contribution in [0.4, 0.5) is 4.79 Å². The number of nitrogens with zero attached hydrogens (tertiary/aromatic N) is 2. The van der Waals surface area contributed by atoms with Crippen molar-refractivity contribution >= 4 is 24.6 Å². The van der Waals surface area contributed by atoms with Crippen LogP contribution in [0.3, 0.4) is 0 Å². The van der Waals surface area contributed by atoms with E-state index in [2.05, 4.69) is 9.97 Å². The number of imidazole rings is 1. The van der Waals surface area contributed by atoms with Crippen molar-refractivity contribution < 1.29 is 23.6 Å². The smallest absolute Gasteiger partial charge is 0.433 e. The van der Waals surface area contributed by atoms with Gasteiger partial charge in [-0.2, -0.15) is 0 Å². The summed E-state index contributed by atoms with van der Waals surface area (Å²) in [5.41, 5.74) is 5.92. The quantitative estimate of drug-likeness (QED) is 0.591. The molecule has 2 aromatic rings. The monoisotopic (exact) mass is 496 g/mol. The van der Waals surface area contributed by atoms with Gasteiger partial charge in [-0.15, -0.1) is 0 Å². The number of carbonyl (C=O) groups excluding carboxylic acids is 2. The van der Waals surface area contributed by atoms with Gasteiger partial charge in [-0.1, -0.05) is 38.1 Å². The Labute approximate surface area is 213 Å². The molecule has 0 spiro atoms. The number of hydrogen-bond donors (Lipinski definition) is 2. The zero-order chi connectivity index (χ0) is 26.5. The van der Waals surface area contributed by atoms with Crippen LogP contribution in [0.25, 0.3) is 11.3 Å². The number of hydrogen-bond acceptors (Lipinski definition) is 6. The Morgan fingerprint density at radius 2 is 1.81 bits per heavy atom. The Morgan fingerprint density at radius 3 is 2.36 bits per heavy atom. The highest BCUT2D eigenvalue weighted by molar-refractivity contribution is 6.62. The Hall–Kier alpha value is -2.85. The summed E-state index contributed by atoms with van der Waals surface area (Å²) < 4.78 is 17.6. The number of nitrogens with one attached hydrogen (secondary N) is 1. The predicted molar refractivity (Wildman–Crippen MR) is 137 cm³/mol. The second-order valence-corrected chi connectivity index (χ2v) is 11.2. The summed E-state index contributed by atoms with van der Waals surface area (Å²) in [4.78, 5) is 34.7. The minimum atomic E-state index is -1.34. The van der Waals surface area contributed by atoms with E-state index in [-0.39, 0.29) is 17.9 Å². The number of rotatable bonds is 6. The topological polar surface area (TPSA) is 120 Å². The molecule has 0 unspecified atom stereocenters. The van der Waals surface area contributed by atoms with Gasteiger partial charge in [-0.3, -0.25) is 4.79 Å². The molecule has 36 heavy (non-hydrogen) atoms. The molecule has 0 aliphatic carbocycles. The van der Waals surface area contributed by atoms with E-state index in [1.807, 2.05) is 65.8 Å². The number of ether oxygens (including phenoxy) is 1. The molecule has 2 fully saturated rings. The molecule has 0 bridgehead atoms. The number of H-pyrrole nitrogens is 1. The van der Waals surface area contributed by atoms with Gasteiger partial charge >= 0.3 is 13.2 Å². The largest absolute Gasteiger partial charge is 0.494 e. The van der Waals surface area contributed by atoms with Gasteiger partial charge in [0.25, 0.3) is 5.91 Å². The molecule has 1 aromatic heterocycles. The fraction of sp³-hybridized carbons (Fsp3) is 0.577. The third kappa shape index (κ3) is 4.64. The first kappa shape index (κ1) is 26.2. The van der Waals surface area contributed by atoms with Crippen LogP contribution >= 0.6 is 0 Å². The molecular formula is C26H37BN4O5. The van der Waals surface area contributed by atoms with E-state index >= 15 is 0 Å². The SMILES string of the molecule is CC(C)[C@](C)(OC(N)=O)C(=O)N1CCC[C@H]1c1ncc(-c2ccc(B3OC(C)(C)C(C)(C)O3)cc2)[nH]1. The summed E-state index contributed by atoms with van der Waals surface area (Å²) in [6.07, 6.45) is 2.42. The maximum absolute atomic E-state index is 13.5. The highest BCUT2D eigenvalue weighted by Crippen LogP contribution is 2.37. The normalized spacial score (nSPS) is 22.6. The fourth-order valence-electron chi connectivity index (χ4n) is 4.65. The highest BCUT2D eigenvalue weighted by atomic mass is 16.7. The minimum absolute atomic E-state index is 0.232. The molecule has 2 atom stereocenters. The van der Waals surface area contributed by atoms with Crippen molar-refractivity contribution in [2.45, 2.75) is 84.2 Å². The zero-order valence-corrected chi connectivity index (χ0v) is 22.3. The van der Waals surface area contributed by atoms with E-state index in [0.29, 0.717) is 12.4 Å². The molecule has 4 rings (SSSR count). The van der Waals surface area contributed by atoms with Crippen LogP contribution in [0.2, 0.25) is 0 Å². The lowest BCUT2D eigenvalue weighted by molar-refractivity contribution is -0.155. The molecule has 9 nitrogen and oxygen atoms in total. The summed E-state index contributed by atoms with van der Waals surface area (Å²) in [6, 6.07) is 7.78. The summed E-state index contributed by atoms with van der Waals surface area (Å²) >= 11 is 0. The number of amides is 2. The molecule has 10 heteroatoms. The minimum Gasteiger partial charge on any atom is -0.433 e. The summed E-state index contributed by atoms with van der Waals surface area (Å²) in [7, 11) is -0.419. The van der Waals surface area contributed by atoms with E-state index in [0.717, 1.165) is 29.6 Å². The summed E-state index contributed by atoms with van der Waals surface area (Å²) in [5, 5.41) is 0. The number of nitrogens with two attached hydrogens (primary N) is 1. The summed E-state index contributed by atoms with van der Waals surface area (Å²) in [6.45, 7) is 14.0. The van der Waals surface area contributed by atoms with Crippen LogP contribution in [0.15, 0.2) is 30.5 Å². The molecule has 2 aliphatic heterocycles. The van der Waals surface area contributed by atoms with E-state index < -0.39 is 30.0 Å². The Bertz CT molecular complexity index is 1110. The average Bonchev–Trinajstić information content (AvgIpc) is 3.50. The number of primary amides is 1. The van der Waals surface area contributed by atoms with Gasteiger partial charge in [0, 0.05) is 12.5 Å². The van der Waals surface area contributed by atoms with Crippen LogP contribution in [0.1, 0.15) is 73.2 Å². The van der Waals surface area contributed by atoms with Crippen molar-refractivity contribution in [2.24, 2.45) is 11.7 Å². The molecule has 3 heterocycles. The molecule has 2 saturated heterocycles. The van der Waals surface area contributed by atoms with Crippen molar-refractivity contribution in [1.29, 1.82) is 0 Å². The number of aromatic amines is 1. The first-order valence-corrected chi connectivity index (χ1v) is 12.6. The van der Waals surface area contributed by atoms with Crippen molar-refractivity contribution in [3.05, 3.63) is 36.3 Å². The third-order valence-corrected chi connectivity index (χ3v) is 8.01. The average molecular weight is 496 g/mol. The molecule has 0 saturated carbocycles. The fourth-order valence-corrected chi connectivity index (χ4v) is 4.65. The number of benzene rings is 1. The van der Waals surface area contributed by atoms with E-state index in [9.17, 15) is 9.59 Å². The van der Waals surface area contributed by atoms with Gasteiger partial charge in [-0.05, 0) is 58.5 Å². The second kappa shape index (κ2) is 9.23. The maximum Gasteiger partial charge on any atom is 0.494 e. The highest BCUT2D eigenvalue weighted by Gasteiger charge is 2.51. The molecular weight excluding hydrogens is 459 g/mol. The van der Waals surface area contributed by atoms with Gasteiger partial charge in [0.15, 0.2) is 5.60 Å². The first-order valence-electron chi connectivity index (χ1n) is 12.6. The second-order valence-electron chi connectivity index (χ2n) is 11.2. The standard InChI is InChI=1S/C26H37BN4O5/c1-16(2)26(7,34-23(28)33)22(32)31-14-8-9-20(31)21-29-15-19(30-21)17-10-12-18(13-11-17)27-35-24(3,4)25(5,6)36-27/h10-13,15-16,20H,8-9,14H2,1-7H3,(H2,28,33)(H,29,30)/t20-,26-/m0/s1. The van der Waals surface area contributed by atoms with Crippen molar-refractivity contribution in [3.63, 3.8) is 0 Å². The van der Waals surface area contributed by atoms with Gasteiger partial charge in [0.1, 0.15) is 5.82 Å². The van der Waals surface area contributed by atoms with Crippen LogP contribution in [-0.2, 0) is 18.8 Å². The number of aromatic nitrogens is 2. The molecule has 2 amide bonds. The molecule has 194 valence electrons. The summed E-state index contributed by atoms with van der Waals surface area (Å²) in [5.74, 6) is 0.202. The molecule has 0 radical (unpaired) electrons. The van der Waals surface area contributed by atoms with Crippen molar-refractivity contribution in [3.8, 4) is 11.3 Å². The van der Waals surface area contributed by atoms with E-state index in [1.165, 1.54) is 0 Å². The Morgan fingerprint density at radius 1 is 1.19 bits per heavy atom. The number of carbonyl (C=O) groups is 2. The Kier molecular flexibility index (Phi) is 6.72. The lowest BCUT2D eigenvalue weighted by atomic mass is 9.79. The lowest BCUT2D eigenvalue weighted by Gasteiger charge is -2.36. The first-order chi connectivity index (χ1) is 16.7. The maximum atomic E-state index is 13.5. The van der Waals surface area contributed by atoms with E-state index in [1.54, 1.807) is 18.0 Å². The van der Waals surface area contributed by atoms with Gasteiger partial charge in [-0.25, -0.2) is 9.78 Å². The number of likely N-dealkylation sites (tertiary alicyclic amines) is 1. The van der Waals surface area contributed by atoms with Crippen LogP contribution < -0.4 is 11.2 Å². The van der Waals surface area contributed by atoms with Gasteiger partial charge in [0.2, 0.25) is 0 Å². The van der Waals surface area contributed by atoms with E-state index in [4.69, 9.17) is 19.8 Å². The van der Waals surface area contributed by atoms with Crippen LogP contribution in [0, 0.1) is 5.92 Å². The van der Waals surface area contributed by atoms with Crippen LogP contribution in [-0.4, -0.2) is 57.3 Å². The third-order valence-electron chi connectivity index (χ3n) is 8.01. The predicted octanol–water partition coefficient (Wildman–Crippen LogP) is 3.55. The van der Waals surface area contributed by atoms with Gasteiger partial charge in [0.05, 0.1) is 29.1 Å². The van der Waals surface area contributed by atoms with Crippen LogP contribution in [0.5, 0.6) is 0 Å². The molecule has 1 aromatic carbocycles. The lowest BCUT2D eigenvalue weighted by Crippen LogP contribution is -2.53. The van der Waals surface area contributed by atoms with Crippen molar-refractivity contribution in [2.75, 3.05) is 6.54 Å². The molecule has 2 aliphatic rings.